The first-order valence-corrected chi connectivity index (χ1v) is 7.02. The predicted molar refractivity (Wildman–Crippen MR) is 70.0 cm³/mol. The highest BCUT2D eigenvalue weighted by atomic mass is 19.1. The van der Waals surface area contributed by atoms with Crippen LogP contribution in [0.5, 0.6) is 0 Å². The zero-order valence-corrected chi connectivity index (χ0v) is 11.6. The molecule has 17 heavy (non-hydrogen) atoms. The van der Waals surface area contributed by atoms with Crippen LogP contribution < -0.4 is 5.32 Å². The van der Waals surface area contributed by atoms with E-state index in [0.717, 1.165) is 13.1 Å². The van der Waals surface area contributed by atoms with Crippen molar-refractivity contribution in [1.82, 2.24) is 10.2 Å². The fourth-order valence-corrected chi connectivity index (χ4v) is 3.58. The smallest absolute Gasteiger partial charge is 0.102 e. The van der Waals surface area contributed by atoms with Crippen molar-refractivity contribution in [1.29, 1.82) is 0 Å². The maximum atomic E-state index is 12.8. The van der Waals surface area contributed by atoms with E-state index in [1.165, 1.54) is 25.7 Å². The Bertz CT molecular complexity index is 253. The molecule has 1 spiro atoms. The molecule has 0 amide bonds. The molecular weight excluding hydrogens is 215 g/mol. The van der Waals surface area contributed by atoms with E-state index in [1.807, 2.05) is 0 Å². The summed E-state index contributed by atoms with van der Waals surface area (Å²) in [6, 6.07) is 0.462. The second-order valence-electron chi connectivity index (χ2n) is 6.91. The van der Waals surface area contributed by atoms with E-state index < -0.39 is 0 Å². The molecule has 1 N–H and O–H groups in total. The van der Waals surface area contributed by atoms with Crippen LogP contribution in [0.3, 0.4) is 0 Å². The third-order valence-corrected chi connectivity index (χ3v) is 4.55. The molecule has 2 rings (SSSR count). The molecule has 1 aliphatic carbocycles. The summed E-state index contributed by atoms with van der Waals surface area (Å²) in [5.41, 5.74) is 0.527. The van der Waals surface area contributed by atoms with Crippen LogP contribution in [0, 0.1) is 5.41 Å². The van der Waals surface area contributed by atoms with Gasteiger partial charge in [0.25, 0.3) is 0 Å². The first-order valence-electron chi connectivity index (χ1n) is 7.02. The largest absolute Gasteiger partial charge is 0.308 e. The molecule has 1 heterocycles. The van der Waals surface area contributed by atoms with Crippen molar-refractivity contribution >= 4 is 0 Å². The Kier molecular flexibility index (Phi) is 3.79. The highest BCUT2D eigenvalue weighted by molar-refractivity contribution is 5.03. The standard InChI is InChI=1S/C14H27FN2/c1-13(2,3)12-10-16-14(6-4-5-7-14)11-17(12)9-8-15/h12,16H,4-11H2,1-3H3. The molecule has 1 unspecified atom stereocenters. The van der Waals surface area contributed by atoms with Crippen LogP contribution in [0.1, 0.15) is 46.5 Å². The average molecular weight is 242 g/mol. The maximum Gasteiger partial charge on any atom is 0.102 e. The SMILES string of the molecule is CC(C)(C)C1CNC2(CCCC2)CN1CCF. The normalized spacial score (nSPS) is 30.0. The summed E-state index contributed by atoms with van der Waals surface area (Å²) in [6.07, 6.45) is 5.20. The summed E-state index contributed by atoms with van der Waals surface area (Å²) in [4.78, 5) is 2.39. The summed E-state index contributed by atoms with van der Waals surface area (Å²) in [5, 5.41) is 3.78. The number of nitrogens with zero attached hydrogens (tertiary/aromatic N) is 1. The zero-order chi connectivity index (χ0) is 12.5. The average Bonchev–Trinajstić information content (AvgIpc) is 2.65. The molecule has 1 atom stereocenters. The first kappa shape index (κ1) is 13.3. The Morgan fingerprint density at radius 2 is 1.94 bits per heavy atom. The van der Waals surface area contributed by atoms with Gasteiger partial charge in [0.05, 0.1) is 0 Å². The fraction of sp³-hybridized carbons (Fsp3) is 1.00. The molecular formula is C14H27FN2. The van der Waals surface area contributed by atoms with E-state index in [1.54, 1.807) is 0 Å². The van der Waals surface area contributed by atoms with Crippen LogP contribution in [-0.4, -0.2) is 42.8 Å². The van der Waals surface area contributed by atoms with E-state index in [4.69, 9.17) is 0 Å². The van der Waals surface area contributed by atoms with Gasteiger partial charge in [0.1, 0.15) is 6.67 Å². The van der Waals surface area contributed by atoms with E-state index in [-0.39, 0.29) is 12.1 Å². The number of rotatable bonds is 2. The van der Waals surface area contributed by atoms with Gasteiger partial charge in [-0.05, 0) is 18.3 Å². The number of halogens is 1. The monoisotopic (exact) mass is 242 g/mol. The number of alkyl halides is 1. The van der Waals surface area contributed by atoms with Gasteiger partial charge in [-0.3, -0.25) is 4.90 Å². The van der Waals surface area contributed by atoms with Crippen molar-refractivity contribution in [3.8, 4) is 0 Å². The summed E-state index contributed by atoms with van der Waals surface area (Å²) < 4.78 is 12.8. The van der Waals surface area contributed by atoms with Crippen molar-refractivity contribution < 1.29 is 4.39 Å². The Morgan fingerprint density at radius 1 is 1.29 bits per heavy atom. The third-order valence-electron chi connectivity index (χ3n) is 4.55. The Labute approximate surface area is 105 Å². The van der Waals surface area contributed by atoms with Gasteiger partial charge >= 0.3 is 0 Å². The van der Waals surface area contributed by atoms with Gasteiger partial charge < -0.3 is 5.32 Å². The summed E-state index contributed by atoms with van der Waals surface area (Å²) in [6.45, 7) is 9.22. The molecule has 1 aliphatic heterocycles. The van der Waals surface area contributed by atoms with Crippen molar-refractivity contribution in [2.24, 2.45) is 5.41 Å². The molecule has 2 nitrogen and oxygen atoms in total. The van der Waals surface area contributed by atoms with Gasteiger partial charge in [-0.15, -0.1) is 0 Å². The predicted octanol–water partition coefficient (Wildman–Crippen LogP) is 2.59. The minimum Gasteiger partial charge on any atom is -0.308 e. The van der Waals surface area contributed by atoms with Crippen molar-refractivity contribution in [2.45, 2.75) is 58.0 Å². The van der Waals surface area contributed by atoms with E-state index in [0.29, 0.717) is 18.1 Å². The second-order valence-corrected chi connectivity index (χ2v) is 6.91. The second kappa shape index (κ2) is 4.85. The minimum atomic E-state index is -0.220. The molecule has 0 radical (unpaired) electrons. The van der Waals surface area contributed by atoms with Crippen molar-refractivity contribution in [2.75, 3.05) is 26.3 Å². The Hall–Kier alpha value is -0.150. The highest BCUT2D eigenvalue weighted by Crippen LogP contribution is 2.36. The zero-order valence-electron chi connectivity index (χ0n) is 11.6. The number of hydrogen-bond donors (Lipinski definition) is 1. The van der Waals surface area contributed by atoms with Crippen molar-refractivity contribution in [3.63, 3.8) is 0 Å². The third kappa shape index (κ3) is 2.82. The van der Waals surface area contributed by atoms with Gasteiger partial charge in [0.2, 0.25) is 0 Å². The van der Waals surface area contributed by atoms with Crippen LogP contribution in [-0.2, 0) is 0 Å². The van der Waals surface area contributed by atoms with Gasteiger partial charge in [0, 0.05) is 31.2 Å². The first-order chi connectivity index (χ1) is 7.97. The summed E-state index contributed by atoms with van der Waals surface area (Å²) in [7, 11) is 0. The van der Waals surface area contributed by atoms with Crippen LogP contribution in [0.2, 0.25) is 0 Å². The molecule has 3 heteroatoms. The molecule has 2 fully saturated rings. The maximum absolute atomic E-state index is 12.8. The van der Waals surface area contributed by atoms with Crippen LogP contribution in [0.15, 0.2) is 0 Å². The van der Waals surface area contributed by atoms with E-state index >= 15 is 0 Å². The lowest BCUT2D eigenvalue weighted by molar-refractivity contribution is 0.0203. The number of hydrogen-bond acceptors (Lipinski definition) is 2. The summed E-state index contributed by atoms with van der Waals surface area (Å²) >= 11 is 0. The molecule has 0 aromatic carbocycles. The number of nitrogens with one attached hydrogen (secondary N) is 1. The molecule has 1 saturated carbocycles. The lowest BCUT2D eigenvalue weighted by atomic mass is 9.81. The van der Waals surface area contributed by atoms with Crippen LogP contribution in [0.25, 0.3) is 0 Å². The quantitative estimate of drug-likeness (QED) is 0.800. The molecule has 1 saturated heterocycles. The fourth-order valence-electron chi connectivity index (χ4n) is 3.58. The number of piperazine rings is 1. The molecule has 2 aliphatic rings. The molecule has 0 bridgehead atoms. The minimum absolute atomic E-state index is 0.220. The lowest BCUT2D eigenvalue weighted by Crippen LogP contribution is -2.66. The van der Waals surface area contributed by atoms with Gasteiger partial charge in [-0.2, -0.15) is 0 Å². The van der Waals surface area contributed by atoms with Gasteiger partial charge in [-0.1, -0.05) is 33.6 Å². The van der Waals surface area contributed by atoms with Gasteiger partial charge in [0.15, 0.2) is 0 Å². The Morgan fingerprint density at radius 3 is 2.47 bits per heavy atom. The van der Waals surface area contributed by atoms with Crippen molar-refractivity contribution in [3.05, 3.63) is 0 Å². The highest BCUT2D eigenvalue weighted by Gasteiger charge is 2.43. The van der Waals surface area contributed by atoms with E-state index in [2.05, 4.69) is 31.0 Å². The Balaban J connectivity index is 2.07. The summed E-state index contributed by atoms with van der Waals surface area (Å²) in [5.74, 6) is 0. The lowest BCUT2D eigenvalue weighted by Gasteiger charge is -2.50. The van der Waals surface area contributed by atoms with Crippen LogP contribution in [0.4, 0.5) is 4.39 Å². The topological polar surface area (TPSA) is 15.3 Å². The molecule has 100 valence electrons. The van der Waals surface area contributed by atoms with E-state index in [9.17, 15) is 4.39 Å². The van der Waals surface area contributed by atoms with Crippen LogP contribution >= 0.6 is 0 Å². The van der Waals surface area contributed by atoms with Gasteiger partial charge in [-0.25, -0.2) is 4.39 Å². The molecule has 0 aromatic heterocycles. The molecule has 0 aromatic rings.